The van der Waals surface area contributed by atoms with E-state index in [9.17, 15) is 26.4 Å². The monoisotopic (exact) mass is 326 g/mol. The summed E-state index contributed by atoms with van der Waals surface area (Å²) in [5.74, 6) is -1.24. The van der Waals surface area contributed by atoms with Crippen LogP contribution in [0.3, 0.4) is 0 Å². The predicted octanol–water partition coefficient (Wildman–Crippen LogP) is 2.87. The summed E-state index contributed by atoms with van der Waals surface area (Å²) >= 11 is 0. The third kappa shape index (κ3) is 4.92. The Morgan fingerprint density at radius 3 is 1.90 bits per heavy atom. The van der Waals surface area contributed by atoms with Gasteiger partial charge in [0.05, 0.1) is 5.56 Å². The molecule has 0 radical (unpaired) electrons. The number of carbonyl (C=O) groups is 1. The first kappa shape index (κ1) is 17.3. The normalized spacial score (nSPS) is 12.9. The van der Waals surface area contributed by atoms with Gasteiger partial charge in [-0.1, -0.05) is 0 Å². The number of rotatable bonds is 3. The first-order valence-corrected chi connectivity index (χ1v) is 7.07. The molecule has 118 valence electrons. The smallest absolute Gasteiger partial charge is 0.456 e. The van der Waals surface area contributed by atoms with E-state index in [1.807, 2.05) is 0 Å². The Morgan fingerprint density at radius 1 is 1.05 bits per heavy atom. The molecule has 0 amide bonds. The highest BCUT2D eigenvalue weighted by Gasteiger charge is 2.48. The van der Waals surface area contributed by atoms with Gasteiger partial charge in [0, 0.05) is 0 Å². The van der Waals surface area contributed by atoms with Gasteiger partial charge in [-0.05, 0) is 45.0 Å². The lowest BCUT2D eigenvalue weighted by Crippen LogP contribution is -2.28. The maximum absolute atomic E-state index is 12.1. The standard InChI is InChI=1S/C12H13F3O5S/c1-11(2,3)19-10(16)8-4-6-9(7-5-8)20-21(17,18)12(13,14)15/h4-7H,1-3H3. The van der Waals surface area contributed by atoms with Crippen LogP contribution in [0.25, 0.3) is 0 Å². The molecule has 0 spiro atoms. The molecule has 21 heavy (non-hydrogen) atoms. The van der Waals surface area contributed by atoms with Crippen LogP contribution in [0.1, 0.15) is 31.1 Å². The minimum atomic E-state index is -5.73. The molecule has 0 heterocycles. The molecule has 0 N–H and O–H groups in total. The summed E-state index contributed by atoms with van der Waals surface area (Å²) in [6.45, 7) is 4.95. The van der Waals surface area contributed by atoms with E-state index in [-0.39, 0.29) is 5.56 Å². The van der Waals surface area contributed by atoms with Crippen molar-refractivity contribution < 1.29 is 35.3 Å². The van der Waals surface area contributed by atoms with Crippen molar-refractivity contribution in [2.24, 2.45) is 0 Å². The lowest BCUT2D eigenvalue weighted by molar-refractivity contribution is -0.0500. The minimum absolute atomic E-state index is 0.0571. The second-order valence-corrected chi connectivity index (χ2v) is 6.55. The number of carbonyl (C=O) groups excluding carboxylic acids is 1. The van der Waals surface area contributed by atoms with E-state index in [0.717, 1.165) is 24.3 Å². The average molecular weight is 326 g/mol. The van der Waals surface area contributed by atoms with Crippen LogP contribution in [0.5, 0.6) is 5.75 Å². The first-order chi connectivity index (χ1) is 9.32. The molecule has 0 aliphatic rings. The summed E-state index contributed by atoms with van der Waals surface area (Å²) in [6.07, 6.45) is 0. The first-order valence-electron chi connectivity index (χ1n) is 5.66. The van der Waals surface area contributed by atoms with E-state index in [4.69, 9.17) is 4.74 Å². The second kappa shape index (κ2) is 5.55. The predicted molar refractivity (Wildman–Crippen MR) is 67.2 cm³/mol. The molecule has 0 aliphatic heterocycles. The quantitative estimate of drug-likeness (QED) is 0.485. The fourth-order valence-electron chi connectivity index (χ4n) is 1.16. The lowest BCUT2D eigenvalue weighted by atomic mass is 10.1. The zero-order valence-corrected chi connectivity index (χ0v) is 12.2. The summed E-state index contributed by atoms with van der Waals surface area (Å²) in [5.41, 5.74) is -6.19. The summed E-state index contributed by atoms with van der Waals surface area (Å²) in [7, 11) is -5.73. The van der Waals surface area contributed by atoms with Gasteiger partial charge in [-0.25, -0.2) is 4.79 Å². The van der Waals surface area contributed by atoms with Gasteiger partial charge in [-0.2, -0.15) is 21.6 Å². The Balaban J connectivity index is 2.87. The van der Waals surface area contributed by atoms with Crippen molar-refractivity contribution in [3.63, 3.8) is 0 Å². The van der Waals surface area contributed by atoms with Gasteiger partial charge in [0.1, 0.15) is 11.4 Å². The summed E-state index contributed by atoms with van der Waals surface area (Å²) in [4.78, 5) is 11.7. The molecule has 0 aromatic heterocycles. The van der Waals surface area contributed by atoms with Crippen LogP contribution in [0.4, 0.5) is 13.2 Å². The Labute approximate surface area is 119 Å². The largest absolute Gasteiger partial charge is 0.534 e. The highest BCUT2D eigenvalue weighted by atomic mass is 32.2. The Bertz CT molecular complexity index is 612. The van der Waals surface area contributed by atoms with Gasteiger partial charge in [0.2, 0.25) is 0 Å². The van der Waals surface area contributed by atoms with Crippen molar-refractivity contribution in [3.05, 3.63) is 29.8 Å². The number of halogens is 3. The fraction of sp³-hybridized carbons (Fsp3) is 0.417. The molecule has 0 unspecified atom stereocenters. The molecular formula is C12H13F3O5S. The number of esters is 1. The number of hydrogen-bond acceptors (Lipinski definition) is 5. The number of ether oxygens (including phenoxy) is 1. The Morgan fingerprint density at radius 2 is 1.52 bits per heavy atom. The highest BCUT2D eigenvalue weighted by Crippen LogP contribution is 2.27. The van der Waals surface area contributed by atoms with Gasteiger partial charge in [-0.15, -0.1) is 0 Å². The molecule has 5 nitrogen and oxygen atoms in total. The number of hydrogen-bond donors (Lipinski definition) is 0. The van der Waals surface area contributed by atoms with Crippen molar-refractivity contribution in [1.82, 2.24) is 0 Å². The van der Waals surface area contributed by atoms with Crippen molar-refractivity contribution in [2.75, 3.05) is 0 Å². The summed E-state index contributed by atoms with van der Waals surface area (Å²) in [5, 5.41) is 0. The Kier molecular flexibility index (Phi) is 4.57. The maximum Gasteiger partial charge on any atom is 0.534 e. The molecule has 1 rings (SSSR count). The lowest BCUT2D eigenvalue weighted by Gasteiger charge is -2.19. The topological polar surface area (TPSA) is 69.7 Å². The van der Waals surface area contributed by atoms with Crippen molar-refractivity contribution >= 4 is 16.1 Å². The zero-order valence-electron chi connectivity index (χ0n) is 11.4. The zero-order chi connectivity index (χ0) is 16.5. The molecule has 0 saturated carbocycles. The molecule has 0 atom stereocenters. The number of benzene rings is 1. The fourth-order valence-corrected chi connectivity index (χ4v) is 1.62. The van der Waals surface area contributed by atoms with Crippen molar-refractivity contribution in [3.8, 4) is 5.75 Å². The van der Waals surface area contributed by atoms with Gasteiger partial charge >= 0.3 is 21.6 Å². The third-order valence-electron chi connectivity index (χ3n) is 1.98. The van der Waals surface area contributed by atoms with E-state index < -0.39 is 32.9 Å². The van der Waals surface area contributed by atoms with E-state index in [1.165, 1.54) is 0 Å². The van der Waals surface area contributed by atoms with E-state index in [1.54, 1.807) is 20.8 Å². The molecule has 1 aromatic rings. The molecule has 9 heteroatoms. The van der Waals surface area contributed by atoms with Crippen LogP contribution in [-0.4, -0.2) is 25.5 Å². The van der Waals surface area contributed by atoms with Gasteiger partial charge in [0.15, 0.2) is 0 Å². The molecule has 0 fully saturated rings. The second-order valence-electron chi connectivity index (χ2n) is 5.01. The SMILES string of the molecule is CC(C)(C)OC(=O)c1ccc(OS(=O)(=O)C(F)(F)F)cc1. The van der Waals surface area contributed by atoms with Crippen LogP contribution in [-0.2, 0) is 14.9 Å². The maximum atomic E-state index is 12.1. The van der Waals surface area contributed by atoms with Crippen LogP contribution >= 0.6 is 0 Å². The molecule has 0 bridgehead atoms. The summed E-state index contributed by atoms with van der Waals surface area (Å²) in [6, 6.07) is 4.08. The van der Waals surface area contributed by atoms with Gasteiger partial charge in [-0.3, -0.25) is 0 Å². The van der Waals surface area contributed by atoms with Crippen LogP contribution in [0.15, 0.2) is 24.3 Å². The third-order valence-corrected chi connectivity index (χ3v) is 2.96. The van der Waals surface area contributed by atoms with E-state index in [2.05, 4.69) is 4.18 Å². The average Bonchev–Trinajstić information content (AvgIpc) is 2.25. The molecule has 1 aromatic carbocycles. The molecule has 0 aliphatic carbocycles. The van der Waals surface area contributed by atoms with Crippen molar-refractivity contribution in [1.29, 1.82) is 0 Å². The van der Waals surface area contributed by atoms with E-state index >= 15 is 0 Å². The van der Waals surface area contributed by atoms with Crippen LogP contribution in [0.2, 0.25) is 0 Å². The van der Waals surface area contributed by atoms with Crippen LogP contribution in [0, 0.1) is 0 Å². The van der Waals surface area contributed by atoms with Crippen molar-refractivity contribution in [2.45, 2.75) is 31.9 Å². The number of alkyl halides is 3. The summed E-state index contributed by atoms with van der Waals surface area (Å²) < 4.78 is 66.9. The minimum Gasteiger partial charge on any atom is -0.456 e. The van der Waals surface area contributed by atoms with Crippen LogP contribution < -0.4 is 4.18 Å². The molecule has 0 saturated heterocycles. The van der Waals surface area contributed by atoms with Gasteiger partial charge < -0.3 is 8.92 Å². The molecular weight excluding hydrogens is 313 g/mol. The van der Waals surface area contributed by atoms with Gasteiger partial charge in [0.25, 0.3) is 0 Å². The Hall–Kier alpha value is -1.77. The highest BCUT2D eigenvalue weighted by molar-refractivity contribution is 7.87. The van der Waals surface area contributed by atoms with E-state index in [0.29, 0.717) is 0 Å².